The fourth-order valence-corrected chi connectivity index (χ4v) is 1.66. The summed E-state index contributed by atoms with van der Waals surface area (Å²) in [6.45, 7) is 3.60. The van der Waals surface area contributed by atoms with Crippen LogP contribution >= 0.6 is 45.2 Å². The summed E-state index contributed by atoms with van der Waals surface area (Å²) in [6.07, 6.45) is 1.65. The lowest BCUT2D eigenvalue weighted by atomic mass is 10.2. The molecule has 0 saturated carbocycles. The number of phenolic OH excluding ortho intramolecular Hbond substituents is 1. The number of hydrogen-bond donors (Lipinski definition) is 1. The van der Waals surface area contributed by atoms with Crippen LogP contribution in [0.3, 0.4) is 0 Å². The van der Waals surface area contributed by atoms with Crippen molar-refractivity contribution in [2.24, 2.45) is 0 Å². The Morgan fingerprint density at radius 1 is 1.27 bits per heavy atom. The molecule has 0 aliphatic rings. The zero-order valence-electron chi connectivity index (χ0n) is 5.64. The third-order valence-electron chi connectivity index (χ3n) is 1.29. The van der Waals surface area contributed by atoms with E-state index < -0.39 is 0 Å². The number of halogens is 2. The molecule has 0 radical (unpaired) electrons. The Morgan fingerprint density at radius 3 is 2.36 bits per heavy atom. The van der Waals surface area contributed by atoms with E-state index in [2.05, 4.69) is 51.8 Å². The maximum absolute atomic E-state index is 9.34. The average Bonchev–Trinajstić information content (AvgIpc) is 1.97. The van der Waals surface area contributed by atoms with Gasteiger partial charge in [-0.25, -0.2) is 0 Å². The molecule has 1 aromatic rings. The summed E-state index contributed by atoms with van der Waals surface area (Å²) in [4.78, 5) is 0. The van der Waals surface area contributed by atoms with E-state index in [0.717, 1.165) is 12.7 Å². The summed E-state index contributed by atoms with van der Waals surface area (Å²) in [7, 11) is 0. The first-order valence-corrected chi connectivity index (χ1v) is 5.11. The summed E-state index contributed by atoms with van der Waals surface area (Å²) in [5.74, 6) is 0.296. The molecule has 0 heterocycles. The second-order valence-corrected chi connectivity index (χ2v) is 4.35. The van der Waals surface area contributed by atoms with Crippen molar-refractivity contribution in [3.63, 3.8) is 0 Å². The lowest BCUT2D eigenvalue weighted by Crippen LogP contribution is -1.82. The van der Waals surface area contributed by atoms with Gasteiger partial charge in [0.2, 0.25) is 0 Å². The van der Waals surface area contributed by atoms with Crippen molar-refractivity contribution in [1.29, 1.82) is 0 Å². The van der Waals surface area contributed by atoms with Crippen LogP contribution in [0.2, 0.25) is 0 Å². The fraction of sp³-hybridized carbons (Fsp3) is 0. The molecule has 0 atom stereocenters. The van der Waals surface area contributed by atoms with Gasteiger partial charge in [0.1, 0.15) is 5.75 Å². The van der Waals surface area contributed by atoms with Gasteiger partial charge < -0.3 is 5.11 Å². The van der Waals surface area contributed by atoms with Crippen LogP contribution in [0.4, 0.5) is 0 Å². The fourth-order valence-electron chi connectivity index (χ4n) is 0.715. The molecular formula is C8H6I2O. The predicted octanol–water partition coefficient (Wildman–Crippen LogP) is 3.24. The molecule has 0 unspecified atom stereocenters. The van der Waals surface area contributed by atoms with E-state index in [0.29, 0.717) is 5.75 Å². The quantitative estimate of drug-likeness (QED) is 0.751. The van der Waals surface area contributed by atoms with Gasteiger partial charge in [-0.05, 0) is 57.3 Å². The predicted molar refractivity (Wildman–Crippen MR) is 63.6 cm³/mol. The highest BCUT2D eigenvalue weighted by Gasteiger charge is 2.01. The van der Waals surface area contributed by atoms with Crippen molar-refractivity contribution in [1.82, 2.24) is 0 Å². The van der Waals surface area contributed by atoms with E-state index in [-0.39, 0.29) is 0 Å². The number of hydrogen-bond acceptors (Lipinski definition) is 1. The largest absolute Gasteiger partial charge is 0.507 e. The van der Waals surface area contributed by atoms with Crippen molar-refractivity contribution in [3.05, 3.63) is 31.4 Å². The summed E-state index contributed by atoms with van der Waals surface area (Å²) >= 11 is 4.40. The van der Waals surface area contributed by atoms with Gasteiger partial charge in [-0.1, -0.05) is 12.7 Å². The van der Waals surface area contributed by atoms with Gasteiger partial charge in [-0.2, -0.15) is 0 Å². The number of aromatic hydroxyl groups is 1. The molecule has 0 saturated heterocycles. The molecule has 1 rings (SSSR count). The summed E-state index contributed by atoms with van der Waals surface area (Å²) < 4.78 is 2.20. The van der Waals surface area contributed by atoms with Crippen LogP contribution in [-0.2, 0) is 0 Å². The molecule has 0 spiro atoms. The third kappa shape index (κ3) is 2.08. The molecule has 58 valence electrons. The van der Waals surface area contributed by atoms with E-state index in [9.17, 15) is 5.11 Å². The van der Waals surface area contributed by atoms with Crippen LogP contribution < -0.4 is 0 Å². The van der Waals surface area contributed by atoms with Gasteiger partial charge in [0.25, 0.3) is 0 Å². The van der Waals surface area contributed by atoms with Crippen molar-refractivity contribution in [2.45, 2.75) is 0 Å². The highest BCUT2D eigenvalue weighted by molar-refractivity contribution is 14.1. The van der Waals surface area contributed by atoms with Gasteiger partial charge in [0.15, 0.2) is 0 Å². The molecule has 1 nitrogen and oxygen atoms in total. The zero-order valence-corrected chi connectivity index (χ0v) is 9.96. The van der Waals surface area contributed by atoms with Gasteiger partial charge in [-0.15, -0.1) is 0 Å². The minimum Gasteiger partial charge on any atom is -0.507 e. The smallest absolute Gasteiger partial charge is 0.123 e. The lowest BCUT2D eigenvalue weighted by molar-refractivity contribution is 0.473. The minimum absolute atomic E-state index is 0.296. The molecule has 0 bridgehead atoms. The highest BCUT2D eigenvalue weighted by Crippen LogP contribution is 2.25. The number of benzene rings is 1. The molecular weight excluding hydrogens is 366 g/mol. The normalized spacial score (nSPS) is 9.64. The van der Waals surface area contributed by atoms with E-state index in [4.69, 9.17) is 0 Å². The first-order chi connectivity index (χ1) is 5.15. The topological polar surface area (TPSA) is 20.2 Å². The maximum atomic E-state index is 9.34. The van der Waals surface area contributed by atoms with Crippen molar-refractivity contribution in [2.75, 3.05) is 0 Å². The van der Waals surface area contributed by atoms with E-state index >= 15 is 0 Å². The lowest BCUT2D eigenvalue weighted by Gasteiger charge is -2.01. The highest BCUT2D eigenvalue weighted by atomic mass is 127. The minimum atomic E-state index is 0.296. The molecule has 0 amide bonds. The number of rotatable bonds is 1. The average molecular weight is 372 g/mol. The molecule has 11 heavy (non-hydrogen) atoms. The van der Waals surface area contributed by atoms with Crippen LogP contribution in [0, 0.1) is 7.14 Å². The molecule has 0 aliphatic carbocycles. The summed E-state index contributed by atoms with van der Waals surface area (Å²) in [5, 5.41) is 9.34. The summed E-state index contributed by atoms with van der Waals surface area (Å²) in [5.41, 5.74) is 0.787. The van der Waals surface area contributed by atoms with Crippen molar-refractivity contribution < 1.29 is 5.11 Å². The zero-order chi connectivity index (χ0) is 8.43. The molecule has 0 fully saturated rings. The summed E-state index contributed by atoms with van der Waals surface area (Å²) in [6, 6.07) is 3.64. The van der Waals surface area contributed by atoms with Gasteiger partial charge in [0, 0.05) is 12.7 Å². The first-order valence-electron chi connectivity index (χ1n) is 2.95. The molecule has 1 N–H and O–H groups in total. The Kier molecular flexibility index (Phi) is 3.17. The van der Waals surface area contributed by atoms with Crippen LogP contribution in [0.25, 0.3) is 6.08 Å². The monoisotopic (exact) mass is 372 g/mol. The van der Waals surface area contributed by atoms with Crippen LogP contribution in [0.5, 0.6) is 5.75 Å². The Balaban J connectivity index is 3.31. The standard InChI is InChI=1S/C8H6I2O/c1-2-5-3-6(9)7(10)4-8(5)11/h2-4,11H,1H2. The van der Waals surface area contributed by atoms with Gasteiger partial charge >= 0.3 is 0 Å². The molecule has 3 heteroatoms. The first kappa shape index (κ1) is 9.31. The Hall–Kier alpha value is 0.220. The maximum Gasteiger partial charge on any atom is 0.123 e. The molecule has 0 aromatic heterocycles. The van der Waals surface area contributed by atoms with Crippen molar-refractivity contribution in [3.8, 4) is 5.75 Å². The second-order valence-electron chi connectivity index (χ2n) is 2.03. The van der Waals surface area contributed by atoms with E-state index in [1.807, 2.05) is 6.07 Å². The van der Waals surface area contributed by atoms with E-state index in [1.165, 1.54) is 0 Å². The van der Waals surface area contributed by atoms with Gasteiger partial charge in [-0.3, -0.25) is 0 Å². The van der Waals surface area contributed by atoms with Crippen LogP contribution in [0.1, 0.15) is 5.56 Å². The number of phenols is 1. The van der Waals surface area contributed by atoms with E-state index in [1.54, 1.807) is 12.1 Å². The SMILES string of the molecule is C=Cc1cc(I)c(I)cc1O. The Labute approximate surface area is 92.8 Å². The Morgan fingerprint density at radius 2 is 1.82 bits per heavy atom. The third-order valence-corrected chi connectivity index (χ3v) is 4.11. The van der Waals surface area contributed by atoms with Crippen molar-refractivity contribution >= 4 is 51.3 Å². The molecule has 1 aromatic carbocycles. The Bertz CT molecular complexity index is 294. The van der Waals surface area contributed by atoms with Crippen LogP contribution in [-0.4, -0.2) is 5.11 Å². The molecule has 0 aliphatic heterocycles. The second kappa shape index (κ2) is 3.75. The van der Waals surface area contributed by atoms with Crippen LogP contribution in [0.15, 0.2) is 18.7 Å². The van der Waals surface area contributed by atoms with Gasteiger partial charge in [0.05, 0.1) is 0 Å².